The highest BCUT2D eigenvalue weighted by atomic mass is 16.3. The number of aliphatic hydroxyl groups is 1. The minimum Gasteiger partial charge on any atom is -0.463 e. The Morgan fingerprint density at radius 1 is 1.24 bits per heavy atom. The summed E-state index contributed by atoms with van der Waals surface area (Å²) >= 11 is 0. The summed E-state index contributed by atoms with van der Waals surface area (Å²) in [6.45, 7) is -0.103. The third kappa shape index (κ3) is 4.74. The zero-order valence-corrected chi connectivity index (χ0v) is 11.4. The molecule has 0 saturated heterocycles. The van der Waals surface area contributed by atoms with Crippen LogP contribution in [0.4, 0.5) is 0 Å². The fourth-order valence-electron chi connectivity index (χ4n) is 1.71. The number of hydrogen-bond donors (Lipinski definition) is 2. The van der Waals surface area contributed by atoms with Crippen LogP contribution in [0.15, 0.2) is 63.8 Å². The van der Waals surface area contributed by atoms with Gasteiger partial charge in [-0.3, -0.25) is 4.79 Å². The maximum absolute atomic E-state index is 12.0. The Morgan fingerprint density at radius 2 is 2.05 bits per heavy atom. The highest BCUT2D eigenvalue weighted by Gasteiger charge is 2.08. The van der Waals surface area contributed by atoms with Crippen molar-refractivity contribution >= 4 is 18.2 Å². The third-order valence-electron chi connectivity index (χ3n) is 2.71. The number of benzene rings is 1. The predicted octanol–water partition coefficient (Wildman–Crippen LogP) is 2.20. The molecule has 0 atom stereocenters. The largest absolute Gasteiger partial charge is 0.463 e. The highest BCUT2D eigenvalue weighted by Crippen LogP contribution is 2.09. The topological polar surface area (TPSA) is 74.8 Å². The van der Waals surface area contributed by atoms with Gasteiger partial charge in [0.25, 0.3) is 5.91 Å². The highest BCUT2D eigenvalue weighted by molar-refractivity contribution is 5.98. The zero-order valence-electron chi connectivity index (χ0n) is 11.4. The molecular formula is C16H16N2O3. The second-order valence-electron chi connectivity index (χ2n) is 4.27. The number of furan rings is 1. The van der Waals surface area contributed by atoms with Crippen LogP contribution in [-0.2, 0) is 4.79 Å². The molecule has 0 fully saturated rings. The Balaban J connectivity index is 2.04. The van der Waals surface area contributed by atoms with Crippen LogP contribution in [0.5, 0.6) is 0 Å². The van der Waals surface area contributed by atoms with Gasteiger partial charge in [-0.05, 0) is 23.8 Å². The zero-order chi connectivity index (χ0) is 14.9. The van der Waals surface area contributed by atoms with Gasteiger partial charge in [-0.25, -0.2) is 5.43 Å². The van der Waals surface area contributed by atoms with Gasteiger partial charge in [0.2, 0.25) is 0 Å². The van der Waals surface area contributed by atoms with Gasteiger partial charge < -0.3 is 9.52 Å². The van der Waals surface area contributed by atoms with Crippen LogP contribution in [-0.4, -0.2) is 23.8 Å². The average Bonchev–Trinajstić information content (AvgIpc) is 3.01. The molecule has 0 spiro atoms. The van der Waals surface area contributed by atoms with Gasteiger partial charge in [-0.15, -0.1) is 0 Å². The van der Waals surface area contributed by atoms with E-state index in [9.17, 15) is 4.79 Å². The van der Waals surface area contributed by atoms with Crippen LogP contribution in [0.3, 0.4) is 0 Å². The van der Waals surface area contributed by atoms with E-state index in [4.69, 9.17) is 9.52 Å². The summed E-state index contributed by atoms with van der Waals surface area (Å²) in [5.41, 5.74) is 3.77. The van der Waals surface area contributed by atoms with Crippen LogP contribution in [0.25, 0.3) is 6.08 Å². The molecule has 21 heavy (non-hydrogen) atoms. The van der Waals surface area contributed by atoms with Crippen molar-refractivity contribution < 1.29 is 14.3 Å². The van der Waals surface area contributed by atoms with Gasteiger partial charge in [0, 0.05) is 18.6 Å². The number of rotatable bonds is 6. The lowest BCUT2D eigenvalue weighted by molar-refractivity contribution is -0.117. The van der Waals surface area contributed by atoms with Gasteiger partial charge >= 0.3 is 0 Å². The van der Waals surface area contributed by atoms with Crippen molar-refractivity contribution in [3.05, 3.63) is 65.6 Å². The minimum atomic E-state index is -0.351. The smallest absolute Gasteiger partial charge is 0.267 e. The number of carbonyl (C=O) groups is 1. The first-order valence-electron chi connectivity index (χ1n) is 6.53. The van der Waals surface area contributed by atoms with Crippen molar-refractivity contribution in [2.45, 2.75) is 6.42 Å². The third-order valence-corrected chi connectivity index (χ3v) is 2.71. The Bertz CT molecular complexity index is 616. The van der Waals surface area contributed by atoms with E-state index in [1.807, 2.05) is 30.3 Å². The number of aliphatic hydroxyl groups excluding tert-OH is 1. The molecule has 5 heteroatoms. The van der Waals surface area contributed by atoms with Crippen molar-refractivity contribution in [3.63, 3.8) is 0 Å². The van der Waals surface area contributed by atoms with E-state index >= 15 is 0 Å². The van der Waals surface area contributed by atoms with E-state index in [1.165, 1.54) is 12.5 Å². The molecule has 5 nitrogen and oxygen atoms in total. The Hall–Kier alpha value is -2.66. The maximum Gasteiger partial charge on any atom is 0.267 e. The first kappa shape index (κ1) is 14.7. The summed E-state index contributed by atoms with van der Waals surface area (Å²) in [6, 6.07) is 12.9. The molecule has 2 rings (SSSR count). The number of amides is 1. The summed E-state index contributed by atoms with van der Waals surface area (Å²) in [5, 5.41) is 12.9. The molecule has 2 aromatic rings. The molecule has 0 aliphatic carbocycles. The standard InChI is InChI=1S/C16H16N2O3/c19-9-8-14(11-13-5-2-1-3-6-13)16(20)18-17-12-15-7-4-10-21-15/h1-7,10-12,19H,8-9H2,(H,18,20)/b14-11+,17-12+. The molecule has 0 unspecified atom stereocenters. The first-order valence-corrected chi connectivity index (χ1v) is 6.53. The quantitative estimate of drug-likeness (QED) is 0.485. The minimum absolute atomic E-state index is 0.103. The van der Waals surface area contributed by atoms with Crippen LogP contribution in [0.2, 0.25) is 0 Å². The van der Waals surface area contributed by atoms with Crippen molar-refractivity contribution in [2.75, 3.05) is 6.61 Å². The Morgan fingerprint density at radius 3 is 2.71 bits per heavy atom. The lowest BCUT2D eigenvalue weighted by Crippen LogP contribution is -2.20. The van der Waals surface area contributed by atoms with E-state index < -0.39 is 0 Å². The molecule has 0 aliphatic heterocycles. The second-order valence-corrected chi connectivity index (χ2v) is 4.27. The van der Waals surface area contributed by atoms with Crippen LogP contribution in [0.1, 0.15) is 17.7 Å². The molecular weight excluding hydrogens is 268 g/mol. The molecule has 0 saturated carbocycles. The van der Waals surface area contributed by atoms with Crippen LogP contribution < -0.4 is 5.43 Å². The summed E-state index contributed by atoms with van der Waals surface area (Å²) < 4.78 is 5.06. The molecule has 108 valence electrons. The Labute approximate surface area is 122 Å². The van der Waals surface area contributed by atoms with Crippen molar-refractivity contribution in [3.8, 4) is 0 Å². The molecule has 1 aromatic heterocycles. The van der Waals surface area contributed by atoms with Gasteiger partial charge in [0.05, 0.1) is 12.5 Å². The molecule has 0 radical (unpaired) electrons. The van der Waals surface area contributed by atoms with Gasteiger partial charge in [0.1, 0.15) is 5.76 Å². The predicted molar refractivity (Wildman–Crippen MR) is 80.6 cm³/mol. The molecule has 1 aromatic carbocycles. The van der Waals surface area contributed by atoms with Crippen molar-refractivity contribution in [2.24, 2.45) is 5.10 Å². The molecule has 0 bridgehead atoms. The summed E-state index contributed by atoms with van der Waals surface area (Å²) in [7, 11) is 0. The van der Waals surface area contributed by atoms with Crippen LogP contribution in [0, 0.1) is 0 Å². The normalized spacial score (nSPS) is 11.8. The molecule has 1 amide bonds. The first-order chi connectivity index (χ1) is 10.3. The number of hydrazone groups is 1. The fraction of sp³-hybridized carbons (Fsp3) is 0.125. The van der Waals surface area contributed by atoms with E-state index in [1.54, 1.807) is 18.2 Å². The number of nitrogens with one attached hydrogen (secondary N) is 1. The monoisotopic (exact) mass is 284 g/mol. The lowest BCUT2D eigenvalue weighted by Gasteiger charge is -2.04. The van der Waals surface area contributed by atoms with Gasteiger partial charge in [-0.1, -0.05) is 30.3 Å². The molecule has 2 N–H and O–H groups in total. The van der Waals surface area contributed by atoms with Crippen LogP contribution >= 0.6 is 0 Å². The van der Waals surface area contributed by atoms with Gasteiger partial charge in [0.15, 0.2) is 0 Å². The fourth-order valence-corrected chi connectivity index (χ4v) is 1.71. The Kier molecular flexibility index (Phi) is 5.49. The number of hydrogen-bond acceptors (Lipinski definition) is 4. The van der Waals surface area contributed by atoms with E-state index in [0.717, 1.165) is 5.56 Å². The SMILES string of the molecule is O=C(N/N=C/c1ccco1)/C(=C/c1ccccc1)CCO. The van der Waals surface area contributed by atoms with Gasteiger partial charge in [-0.2, -0.15) is 5.10 Å². The van der Waals surface area contributed by atoms with Crippen molar-refractivity contribution in [1.82, 2.24) is 5.43 Å². The summed E-state index contributed by atoms with van der Waals surface area (Å²) in [5.74, 6) is 0.196. The van der Waals surface area contributed by atoms with Crippen molar-refractivity contribution in [1.29, 1.82) is 0 Å². The summed E-state index contributed by atoms with van der Waals surface area (Å²) in [6.07, 6.45) is 4.93. The average molecular weight is 284 g/mol. The molecule has 0 aliphatic rings. The number of nitrogens with zero attached hydrogens (tertiary/aromatic N) is 1. The lowest BCUT2D eigenvalue weighted by atomic mass is 10.1. The summed E-state index contributed by atoms with van der Waals surface area (Å²) in [4.78, 5) is 12.0. The number of carbonyl (C=O) groups excluding carboxylic acids is 1. The second kappa shape index (κ2) is 7.81. The maximum atomic E-state index is 12.0. The van der Waals surface area contributed by atoms with E-state index in [-0.39, 0.29) is 18.9 Å². The van der Waals surface area contributed by atoms with E-state index in [2.05, 4.69) is 10.5 Å². The molecule has 1 heterocycles. The van der Waals surface area contributed by atoms with E-state index in [0.29, 0.717) is 11.3 Å².